The van der Waals surface area contributed by atoms with Crippen LogP contribution in [0.3, 0.4) is 0 Å². The highest BCUT2D eigenvalue weighted by Gasteiger charge is 2.31. The molecule has 7 aromatic carbocycles. The van der Waals surface area contributed by atoms with Gasteiger partial charge in [-0.3, -0.25) is 10.3 Å². The zero-order valence-electron chi connectivity index (χ0n) is 25.5. The smallest absolute Gasteiger partial charge is 0.135 e. The van der Waals surface area contributed by atoms with Crippen LogP contribution in [0.15, 0.2) is 149 Å². The summed E-state index contributed by atoms with van der Waals surface area (Å²) in [6.07, 6.45) is 1.63. The van der Waals surface area contributed by atoms with E-state index in [1.807, 2.05) is 18.3 Å². The Kier molecular flexibility index (Phi) is 5.77. The molecule has 2 aliphatic heterocycles. The minimum absolute atomic E-state index is 0.165. The van der Waals surface area contributed by atoms with Crippen molar-refractivity contribution in [2.75, 3.05) is 0 Å². The summed E-state index contributed by atoms with van der Waals surface area (Å²) in [5.41, 5.74) is 5.33. The summed E-state index contributed by atoms with van der Waals surface area (Å²) in [5.74, 6) is 1.81. The molecule has 224 valence electrons. The largest absolute Gasteiger partial charge is 0.458 e. The number of fused-ring (bicyclic) bond motifs is 9. The lowest BCUT2D eigenvalue weighted by Crippen LogP contribution is -2.51. The molecule has 2 atom stereocenters. The van der Waals surface area contributed by atoms with Crippen LogP contribution in [-0.2, 0) is 6.54 Å². The monoisotopic (exact) mass is 606 g/mol. The minimum atomic E-state index is -0.191. The lowest BCUT2D eigenvalue weighted by molar-refractivity contribution is 0.314. The van der Waals surface area contributed by atoms with Crippen LogP contribution in [0.2, 0.25) is 0 Å². The number of para-hydroxylation sites is 1. The Morgan fingerprint density at radius 3 is 2.23 bits per heavy atom. The van der Waals surface area contributed by atoms with Gasteiger partial charge >= 0.3 is 0 Å². The average Bonchev–Trinajstić information content (AvgIpc) is 3.53. The summed E-state index contributed by atoms with van der Waals surface area (Å²) in [6, 6.07) is 47.8. The molecule has 0 saturated carbocycles. The molecule has 1 aromatic heterocycles. The Hall–Kier alpha value is -5.91. The first-order chi connectivity index (χ1) is 23.3. The van der Waals surface area contributed by atoms with E-state index in [0.29, 0.717) is 6.54 Å². The summed E-state index contributed by atoms with van der Waals surface area (Å²) in [5, 5.41) is 22.7. The fourth-order valence-corrected chi connectivity index (χ4v) is 7.59. The van der Waals surface area contributed by atoms with Crippen molar-refractivity contribution in [3.05, 3.63) is 162 Å². The van der Waals surface area contributed by atoms with E-state index in [9.17, 15) is 0 Å². The second-order valence-electron chi connectivity index (χ2n) is 12.5. The van der Waals surface area contributed by atoms with Crippen LogP contribution >= 0.6 is 0 Å². The predicted octanol–water partition coefficient (Wildman–Crippen LogP) is 9.48. The fourth-order valence-electron chi connectivity index (χ4n) is 7.59. The van der Waals surface area contributed by atoms with Crippen molar-refractivity contribution >= 4 is 65.8 Å². The van der Waals surface area contributed by atoms with Gasteiger partial charge in [0, 0.05) is 22.7 Å². The van der Waals surface area contributed by atoms with Gasteiger partial charge in [0.05, 0.1) is 6.54 Å². The maximum absolute atomic E-state index is 6.30. The highest BCUT2D eigenvalue weighted by Crippen LogP contribution is 2.39. The summed E-state index contributed by atoms with van der Waals surface area (Å²) in [6.45, 7) is 0.529. The van der Waals surface area contributed by atoms with E-state index in [0.717, 1.165) is 39.3 Å². The van der Waals surface area contributed by atoms with E-state index in [4.69, 9.17) is 9.41 Å². The van der Waals surface area contributed by atoms with Crippen LogP contribution < -0.4 is 16.0 Å². The Balaban J connectivity index is 1.18. The lowest BCUT2D eigenvalue weighted by atomic mass is 9.93. The number of allylic oxidation sites excluding steroid dienone is 1. The number of hydrogen-bond acceptors (Lipinski definition) is 5. The zero-order chi connectivity index (χ0) is 30.9. The Morgan fingerprint density at radius 1 is 0.574 bits per heavy atom. The Morgan fingerprint density at radius 2 is 1.30 bits per heavy atom. The molecule has 47 heavy (non-hydrogen) atoms. The van der Waals surface area contributed by atoms with E-state index in [-0.39, 0.29) is 12.3 Å². The highest BCUT2D eigenvalue weighted by atomic mass is 16.3. The van der Waals surface area contributed by atoms with Crippen molar-refractivity contribution in [3.8, 4) is 0 Å². The molecule has 5 heteroatoms. The molecule has 0 amide bonds. The van der Waals surface area contributed by atoms with Crippen molar-refractivity contribution in [3.63, 3.8) is 0 Å². The molecular weight excluding hydrogens is 576 g/mol. The van der Waals surface area contributed by atoms with Gasteiger partial charge in [0.15, 0.2) is 0 Å². The van der Waals surface area contributed by atoms with Crippen molar-refractivity contribution in [2.24, 2.45) is 4.99 Å². The third-order valence-electron chi connectivity index (χ3n) is 9.79. The summed E-state index contributed by atoms with van der Waals surface area (Å²) in [4.78, 5) is 4.74. The van der Waals surface area contributed by atoms with E-state index in [2.05, 4.69) is 137 Å². The number of rotatable bonds is 2. The van der Waals surface area contributed by atoms with Crippen LogP contribution in [-0.4, -0.2) is 6.21 Å². The van der Waals surface area contributed by atoms with Crippen LogP contribution in [0.1, 0.15) is 34.8 Å². The van der Waals surface area contributed by atoms with E-state index in [1.54, 1.807) is 0 Å². The second kappa shape index (κ2) is 10.3. The summed E-state index contributed by atoms with van der Waals surface area (Å²) in [7, 11) is 0. The molecule has 0 bridgehead atoms. The summed E-state index contributed by atoms with van der Waals surface area (Å²) >= 11 is 0. The van der Waals surface area contributed by atoms with Crippen molar-refractivity contribution in [1.82, 2.24) is 16.0 Å². The fraction of sp³-hybridized carbons (Fsp3) is 0.0714. The first kappa shape index (κ1) is 26.3. The number of aliphatic imine (C=N–C) groups is 1. The van der Waals surface area contributed by atoms with Gasteiger partial charge in [0.25, 0.3) is 0 Å². The molecular formula is C42H30N4O. The quantitative estimate of drug-likeness (QED) is 0.172. The third kappa shape index (κ3) is 4.17. The van der Waals surface area contributed by atoms with Gasteiger partial charge in [-0.05, 0) is 66.3 Å². The van der Waals surface area contributed by atoms with Crippen molar-refractivity contribution < 1.29 is 4.42 Å². The molecule has 5 nitrogen and oxygen atoms in total. The SMILES string of the molecule is C1=NCc2oc3ccccc3c2C1=C1NC(c2ccc3ccccc3c2)NC(c2cccc3c2ccc2ccc4ccccc4c23)N1. The third-order valence-corrected chi connectivity index (χ3v) is 9.79. The number of hydrogen-bond donors (Lipinski definition) is 3. The van der Waals surface area contributed by atoms with E-state index in [1.165, 1.54) is 48.7 Å². The first-order valence-electron chi connectivity index (χ1n) is 16.1. The van der Waals surface area contributed by atoms with E-state index >= 15 is 0 Å². The number of nitrogens with one attached hydrogen (secondary N) is 3. The molecule has 0 spiro atoms. The van der Waals surface area contributed by atoms with Crippen LogP contribution in [0.25, 0.3) is 59.6 Å². The van der Waals surface area contributed by atoms with Crippen LogP contribution in [0.4, 0.5) is 0 Å². The average molecular weight is 607 g/mol. The van der Waals surface area contributed by atoms with Gasteiger partial charge in [-0.15, -0.1) is 0 Å². The maximum Gasteiger partial charge on any atom is 0.135 e. The van der Waals surface area contributed by atoms with E-state index < -0.39 is 0 Å². The number of benzene rings is 7. The standard InChI is InChI=1S/C42H30N4O/c1-2-10-28-22-29(19-16-25(28)8-1)40-44-41(46-42(45-40)35-23-43-24-37-39(35)34-12-5-6-15-36(34)47-37)33-14-7-13-32-31(33)21-20-27-18-17-26-9-3-4-11-30(26)38(27)32/h1-23,40-41,44-46H,24H2. The minimum Gasteiger partial charge on any atom is -0.458 e. The van der Waals surface area contributed by atoms with Gasteiger partial charge in [-0.1, -0.05) is 121 Å². The molecule has 3 heterocycles. The van der Waals surface area contributed by atoms with Crippen molar-refractivity contribution in [2.45, 2.75) is 18.9 Å². The van der Waals surface area contributed by atoms with Gasteiger partial charge in [-0.2, -0.15) is 0 Å². The first-order valence-corrected chi connectivity index (χ1v) is 16.1. The normalized spacial score (nSPS) is 19.3. The number of furan rings is 1. The van der Waals surface area contributed by atoms with Gasteiger partial charge < -0.3 is 15.1 Å². The summed E-state index contributed by atoms with van der Waals surface area (Å²) < 4.78 is 6.30. The number of nitrogens with zero attached hydrogens (tertiary/aromatic N) is 1. The second-order valence-corrected chi connectivity index (χ2v) is 12.5. The molecule has 1 saturated heterocycles. The topological polar surface area (TPSA) is 61.6 Å². The molecule has 1 fully saturated rings. The van der Waals surface area contributed by atoms with Gasteiger partial charge in [0.1, 0.15) is 29.5 Å². The van der Waals surface area contributed by atoms with Crippen LogP contribution in [0, 0.1) is 0 Å². The van der Waals surface area contributed by atoms with Crippen molar-refractivity contribution in [1.29, 1.82) is 0 Å². The van der Waals surface area contributed by atoms with Gasteiger partial charge in [0.2, 0.25) is 0 Å². The highest BCUT2D eigenvalue weighted by molar-refractivity contribution is 6.21. The molecule has 2 unspecified atom stereocenters. The van der Waals surface area contributed by atoms with Gasteiger partial charge in [-0.25, -0.2) is 0 Å². The molecule has 0 aliphatic carbocycles. The molecule has 3 N–H and O–H groups in total. The molecule has 2 aliphatic rings. The predicted molar refractivity (Wildman–Crippen MR) is 193 cm³/mol. The molecule has 0 radical (unpaired) electrons. The lowest BCUT2D eigenvalue weighted by Gasteiger charge is -2.38. The Bertz CT molecular complexity index is 2610. The molecule has 10 rings (SSSR count). The van der Waals surface area contributed by atoms with Crippen LogP contribution in [0.5, 0.6) is 0 Å². The molecule has 8 aromatic rings. The Labute approximate surface area is 271 Å². The maximum atomic E-state index is 6.30. The zero-order valence-corrected chi connectivity index (χ0v) is 25.5.